The smallest absolute Gasteiger partial charge is 0.313 e. The van der Waals surface area contributed by atoms with Crippen molar-refractivity contribution in [1.29, 1.82) is 0 Å². The minimum atomic E-state index is -4.12. The average molecular weight is 335 g/mol. The molecule has 0 saturated carbocycles. The van der Waals surface area contributed by atoms with E-state index in [2.05, 4.69) is 15.6 Å². The van der Waals surface area contributed by atoms with Gasteiger partial charge < -0.3 is 4.74 Å². The number of carbonyl (C=O) groups is 1. The van der Waals surface area contributed by atoms with Crippen molar-refractivity contribution in [2.75, 3.05) is 17.9 Å². The van der Waals surface area contributed by atoms with E-state index in [1.54, 1.807) is 6.92 Å². The van der Waals surface area contributed by atoms with Crippen LogP contribution >= 0.6 is 0 Å². The van der Waals surface area contributed by atoms with Gasteiger partial charge in [0.15, 0.2) is 5.37 Å². The SMILES string of the molecule is CCOC(=O)C1CNNC1S(=O)(=O)Nc1cc(F)cc(F)c1. The van der Waals surface area contributed by atoms with E-state index in [9.17, 15) is 22.0 Å². The molecule has 0 aliphatic carbocycles. The first-order valence-corrected chi connectivity index (χ1v) is 8.01. The molecule has 0 spiro atoms. The zero-order chi connectivity index (χ0) is 16.3. The molecule has 1 aromatic rings. The van der Waals surface area contributed by atoms with Gasteiger partial charge >= 0.3 is 5.97 Å². The maximum Gasteiger partial charge on any atom is 0.313 e. The lowest BCUT2D eigenvalue weighted by Gasteiger charge is -2.18. The number of nitrogens with one attached hydrogen (secondary N) is 3. The normalized spacial score (nSPS) is 21.6. The molecule has 1 aliphatic heterocycles. The van der Waals surface area contributed by atoms with Crippen LogP contribution in [0.2, 0.25) is 0 Å². The molecular formula is C12H15F2N3O4S. The van der Waals surface area contributed by atoms with Gasteiger partial charge in [-0.3, -0.25) is 14.9 Å². The Balaban J connectivity index is 2.20. The Kier molecular flexibility index (Phi) is 4.94. The number of rotatable bonds is 5. The number of hydrogen-bond donors (Lipinski definition) is 3. The second kappa shape index (κ2) is 6.55. The number of esters is 1. The van der Waals surface area contributed by atoms with Crippen LogP contribution in [0.5, 0.6) is 0 Å². The Morgan fingerprint density at radius 3 is 2.59 bits per heavy atom. The fourth-order valence-corrected chi connectivity index (χ4v) is 3.52. The maximum atomic E-state index is 13.1. The molecule has 2 rings (SSSR count). The summed E-state index contributed by atoms with van der Waals surface area (Å²) in [5.41, 5.74) is 4.74. The van der Waals surface area contributed by atoms with Gasteiger partial charge in [0.2, 0.25) is 0 Å². The first-order valence-electron chi connectivity index (χ1n) is 6.46. The minimum Gasteiger partial charge on any atom is -0.466 e. The van der Waals surface area contributed by atoms with Crippen molar-refractivity contribution in [3.05, 3.63) is 29.8 Å². The van der Waals surface area contributed by atoms with Crippen LogP contribution < -0.4 is 15.6 Å². The van der Waals surface area contributed by atoms with E-state index in [0.29, 0.717) is 6.07 Å². The fraction of sp³-hybridized carbons (Fsp3) is 0.417. The van der Waals surface area contributed by atoms with Crippen LogP contribution in [-0.4, -0.2) is 32.9 Å². The van der Waals surface area contributed by atoms with E-state index in [1.165, 1.54) is 0 Å². The second-order valence-electron chi connectivity index (χ2n) is 4.61. The summed E-state index contributed by atoms with van der Waals surface area (Å²) in [6.07, 6.45) is 0. The van der Waals surface area contributed by atoms with Crippen LogP contribution in [0.3, 0.4) is 0 Å². The van der Waals surface area contributed by atoms with Crippen LogP contribution in [0.25, 0.3) is 0 Å². The van der Waals surface area contributed by atoms with Gasteiger partial charge in [0.25, 0.3) is 10.0 Å². The Hall–Kier alpha value is -1.78. The number of hydrazine groups is 1. The fourth-order valence-electron chi connectivity index (χ4n) is 2.07. The van der Waals surface area contributed by atoms with E-state index in [1.807, 2.05) is 0 Å². The van der Waals surface area contributed by atoms with Crippen LogP contribution in [0, 0.1) is 17.6 Å². The third-order valence-corrected chi connectivity index (χ3v) is 4.61. The standard InChI is InChI=1S/C12H15F2N3O4S/c1-2-21-12(18)10-6-15-16-11(10)22(19,20)17-9-4-7(13)3-8(14)5-9/h3-5,10-11,15-17H,2,6H2,1H3. The molecule has 22 heavy (non-hydrogen) atoms. The summed E-state index contributed by atoms with van der Waals surface area (Å²) in [5, 5.41) is -1.32. The first kappa shape index (κ1) is 16.6. The first-order chi connectivity index (χ1) is 10.3. The van der Waals surface area contributed by atoms with Crippen LogP contribution in [0.4, 0.5) is 14.5 Å². The number of benzene rings is 1. The third-order valence-electron chi connectivity index (χ3n) is 2.98. The molecule has 1 fully saturated rings. The molecule has 1 aliphatic rings. The minimum absolute atomic E-state index is 0.0575. The molecule has 7 nitrogen and oxygen atoms in total. The van der Waals surface area contributed by atoms with E-state index in [-0.39, 0.29) is 18.8 Å². The molecule has 1 saturated heterocycles. The largest absolute Gasteiger partial charge is 0.466 e. The van der Waals surface area contributed by atoms with Crippen molar-refractivity contribution in [3.63, 3.8) is 0 Å². The van der Waals surface area contributed by atoms with Crippen molar-refractivity contribution in [2.45, 2.75) is 12.3 Å². The maximum absolute atomic E-state index is 13.1. The van der Waals surface area contributed by atoms with E-state index in [4.69, 9.17) is 4.74 Å². The lowest BCUT2D eigenvalue weighted by molar-refractivity contribution is -0.147. The molecule has 2 atom stereocenters. The lowest BCUT2D eigenvalue weighted by atomic mass is 10.2. The van der Waals surface area contributed by atoms with Gasteiger partial charge in [0.05, 0.1) is 12.3 Å². The van der Waals surface area contributed by atoms with Gasteiger partial charge in [-0.25, -0.2) is 22.6 Å². The molecule has 0 aromatic heterocycles. The highest BCUT2D eigenvalue weighted by Crippen LogP contribution is 2.20. The molecule has 2 unspecified atom stereocenters. The van der Waals surface area contributed by atoms with Crippen LogP contribution in [0.15, 0.2) is 18.2 Å². The lowest BCUT2D eigenvalue weighted by Crippen LogP contribution is -2.44. The van der Waals surface area contributed by atoms with Crippen molar-refractivity contribution in [3.8, 4) is 0 Å². The number of halogens is 2. The summed E-state index contributed by atoms with van der Waals surface area (Å²) in [6.45, 7) is 1.78. The highest BCUT2D eigenvalue weighted by atomic mass is 32.2. The molecular weight excluding hydrogens is 320 g/mol. The predicted octanol–water partition coefficient (Wildman–Crippen LogP) is 0.320. The third kappa shape index (κ3) is 3.70. The van der Waals surface area contributed by atoms with E-state index < -0.39 is 38.9 Å². The summed E-state index contributed by atoms with van der Waals surface area (Å²) in [4.78, 5) is 11.7. The number of carbonyl (C=O) groups excluding carboxylic acids is 1. The molecule has 122 valence electrons. The summed E-state index contributed by atoms with van der Waals surface area (Å²) < 4.78 is 57.6. The van der Waals surface area contributed by atoms with E-state index in [0.717, 1.165) is 12.1 Å². The van der Waals surface area contributed by atoms with Crippen molar-refractivity contribution in [2.24, 2.45) is 5.92 Å². The number of anilines is 1. The Bertz CT molecular complexity index is 648. The van der Waals surface area contributed by atoms with Crippen molar-refractivity contribution < 1.29 is 26.7 Å². The molecule has 3 N–H and O–H groups in total. The van der Waals surface area contributed by atoms with Crippen LogP contribution in [0.1, 0.15) is 6.92 Å². The van der Waals surface area contributed by atoms with Crippen LogP contribution in [-0.2, 0) is 19.6 Å². The Morgan fingerprint density at radius 2 is 2.00 bits per heavy atom. The summed E-state index contributed by atoms with van der Waals surface area (Å²) in [5.74, 6) is -3.49. The molecule has 1 heterocycles. The molecule has 0 bridgehead atoms. The quantitative estimate of drug-likeness (QED) is 0.671. The molecule has 0 amide bonds. The van der Waals surface area contributed by atoms with Gasteiger partial charge in [-0.1, -0.05) is 0 Å². The Morgan fingerprint density at radius 1 is 1.36 bits per heavy atom. The van der Waals surface area contributed by atoms with Gasteiger partial charge in [0, 0.05) is 12.6 Å². The van der Waals surface area contributed by atoms with Crippen molar-refractivity contribution in [1.82, 2.24) is 10.9 Å². The monoisotopic (exact) mass is 335 g/mol. The molecule has 1 aromatic carbocycles. The summed E-state index contributed by atoms with van der Waals surface area (Å²) >= 11 is 0. The van der Waals surface area contributed by atoms with Gasteiger partial charge in [-0.05, 0) is 19.1 Å². The zero-order valence-electron chi connectivity index (χ0n) is 11.6. The second-order valence-corrected chi connectivity index (χ2v) is 6.41. The number of sulfonamides is 1. The van der Waals surface area contributed by atoms with E-state index >= 15 is 0 Å². The average Bonchev–Trinajstić information content (AvgIpc) is 2.87. The Labute approximate surface area is 126 Å². The topological polar surface area (TPSA) is 96.5 Å². The van der Waals surface area contributed by atoms with Gasteiger partial charge in [-0.15, -0.1) is 0 Å². The number of ether oxygens (including phenoxy) is 1. The predicted molar refractivity (Wildman–Crippen MR) is 73.9 cm³/mol. The van der Waals surface area contributed by atoms with Gasteiger partial charge in [0.1, 0.15) is 17.6 Å². The van der Waals surface area contributed by atoms with Gasteiger partial charge in [-0.2, -0.15) is 0 Å². The highest BCUT2D eigenvalue weighted by Gasteiger charge is 2.42. The summed E-state index contributed by atoms with van der Waals surface area (Å²) in [7, 11) is -4.12. The highest BCUT2D eigenvalue weighted by molar-refractivity contribution is 7.93. The van der Waals surface area contributed by atoms with Crippen molar-refractivity contribution >= 4 is 21.7 Å². The zero-order valence-corrected chi connectivity index (χ0v) is 12.4. The molecule has 10 heteroatoms. The number of hydrogen-bond acceptors (Lipinski definition) is 6. The summed E-state index contributed by atoms with van der Waals surface area (Å²) in [6, 6.07) is 2.29. The molecule has 0 radical (unpaired) electrons.